The Bertz CT molecular complexity index is 598. The quantitative estimate of drug-likeness (QED) is 0.600. The van der Waals surface area contributed by atoms with Gasteiger partial charge in [-0.05, 0) is 40.2 Å². The van der Waals surface area contributed by atoms with E-state index in [2.05, 4.69) is 26.7 Å². The molecule has 0 fully saturated rings. The molecule has 0 radical (unpaired) electrons. The van der Waals surface area contributed by atoms with Gasteiger partial charge in [0.05, 0.1) is 16.9 Å². The van der Waals surface area contributed by atoms with Gasteiger partial charge in [-0.3, -0.25) is 10.6 Å². The zero-order valence-electron chi connectivity index (χ0n) is 9.78. The number of nitrogens with one attached hydrogen (secondary N) is 2. The normalized spacial score (nSPS) is 10.1. The van der Waals surface area contributed by atoms with Crippen LogP contribution in [0.5, 0.6) is 0 Å². The summed E-state index contributed by atoms with van der Waals surface area (Å²) in [6.07, 6.45) is 0. The van der Waals surface area contributed by atoms with E-state index >= 15 is 0 Å². The molecule has 2 rings (SSSR count). The standard InChI is InChI=1S/C13H11BrFN3O/c14-9-5-3-6-10(15)12(9)17-13(19)8-4-1-2-7-11(8)18-16/h1-7,18H,16H2,(H,17,19). The third-order valence-electron chi connectivity index (χ3n) is 2.53. The van der Waals surface area contributed by atoms with Gasteiger partial charge < -0.3 is 10.7 Å². The summed E-state index contributed by atoms with van der Waals surface area (Å²) >= 11 is 3.19. The number of anilines is 2. The Labute approximate surface area is 117 Å². The van der Waals surface area contributed by atoms with E-state index in [-0.39, 0.29) is 5.69 Å². The number of rotatable bonds is 3. The van der Waals surface area contributed by atoms with Crippen molar-refractivity contribution in [3.8, 4) is 0 Å². The van der Waals surface area contributed by atoms with Crippen molar-refractivity contribution < 1.29 is 9.18 Å². The molecule has 6 heteroatoms. The molecule has 2 aromatic rings. The highest BCUT2D eigenvalue weighted by Gasteiger charge is 2.14. The van der Waals surface area contributed by atoms with Crippen molar-refractivity contribution >= 4 is 33.2 Å². The molecule has 1 amide bonds. The number of benzene rings is 2. The van der Waals surface area contributed by atoms with Gasteiger partial charge in [-0.25, -0.2) is 4.39 Å². The highest BCUT2D eigenvalue weighted by Crippen LogP contribution is 2.26. The molecular formula is C13H11BrFN3O. The molecule has 0 spiro atoms. The lowest BCUT2D eigenvalue weighted by molar-refractivity contribution is 0.102. The number of hydrogen-bond acceptors (Lipinski definition) is 3. The van der Waals surface area contributed by atoms with Crippen LogP contribution in [0.25, 0.3) is 0 Å². The number of hydrogen-bond donors (Lipinski definition) is 3. The molecule has 4 N–H and O–H groups in total. The average molecular weight is 324 g/mol. The van der Waals surface area contributed by atoms with Crippen LogP contribution in [-0.4, -0.2) is 5.91 Å². The molecule has 4 nitrogen and oxygen atoms in total. The fourth-order valence-corrected chi connectivity index (χ4v) is 2.05. The maximum atomic E-state index is 13.6. The minimum Gasteiger partial charge on any atom is -0.323 e. The number of amides is 1. The molecule has 0 aliphatic heterocycles. The summed E-state index contributed by atoms with van der Waals surface area (Å²) < 4.78 is 14.1. The van der Waals surface area contributed by atoms with Crippen molar-refractivity contribution in [2.75, 3.05) is 10.7 Å². The average Bonchev–Trinajstić information content (AvgIpc) is 2.42. The van der Waals surface area contributed by atoms with E-state index < -0.39 is 11.7 Å². The van der Waals surface area contributed by atoms with Crippen molar-refractivity contribution in [1.82, 2.24) is 0 Å². The summed E-state index contributed by atoms with van der Waals surface area (Å²) in [5, 5.41) is 2.51. The fraction of sp³-hybridized carbons (Fsp3) is 0. The molecule has 0 unspecified atom stereocenters. The number of nitrogens with two attached hydrogens (primary N) is 1. The second kappa shape index (κ2) is 5.81. The fourth-order valence-electron chi connectivity index (χ4n) is 1.61. The molecule has 0 aliphatic carbocycles. The Morgan fingerprint density at radius 3 is 2.58 bits per heavy atom. The lowest BCUT2D eigenvalue weighted by Gasteiger charge is -2.11. The van der Waals surface area contributed by atoms with Crippen LogP contribution < -0.4 is 16.6 Å². The van der Waals surface area contributed by atoms with Gasteiger partial charge in [0.2, 0.25) is 0 Å². The number of hydrazine groups is 1. The first kappa shape index (κ1) is 13.5. The van der Waals surface area contributed by atoms with Gasteiger partial charge in [0.25, 0.3) is 5.91 Å². The van der Waals surface area contributed by atoms with Gasteiger partial charge in [-0.1, -0.05) is 18.2 Å². The van der Waals surface area contributed by atoms with Crippen LogP contribution in [0.2, 0.25) is 0 Å². The first-order chi connectivity index (χ1) is 9.13. The molecule has 0 aromatic heterocycles. The van der Waals surface area contributed by atoms with E-state index in [0.29, 0.717) is 15.7 Å². The molecule has 0 aliphatic rings. The summed E-state index contributed by atoms with van der Waals surface area (Å²) in [6.45, 7) is 0. The van der Waals surface area contributed by atoms with E-state index in [1.165, 1.54) is 6.07 Å². The molecule has 0 saturated carbocycles. The van der Waals surface area contributed by atoms with E-state index in [1.54, 1.807) is 36.4 Å². The molecule has 0 atom stereocenters. The third-order valence-corrected chi connectivity index (χ3v) is 3.19. The Hall–Kier alpha value is -1.92. The van der Waals surface area contributed by atoms with Gasteiger partial charge in [0, 0.05) is 4.47 Å². The van der Waals surface area contributed by atoms with Crippen LogP contribution in [0.3, 0.4) is 0 Å². The second-order valence-corrected chi connectivity index (χ2v) is 4.60. The van der Waals surface area contributed by atoms with Crippen molar-refractivity contribution in [2.45, 2.75) is 0 Å². The van der Waals surface area contributed by atoms with Crippen LogP contribution in [0.4, 0.5) is 15.8 Å². The topological polar surface area (TPSA) is 67.1 Å². The molecule has 19 heavy (non-hydrogen) atoms. The predicted octanol–water partition coefficient (Wildman–Crippen LogP) is 3.13. The van der Waals surface area contributed by atoms with Gasteiger partial charge >= 0.3 is 0 Å². The second-order valence-electron chi connectivity index (χ2n) is 3.74. The highest BCUT2D eigenvalue weighted by atomic mass is 79.9. The number of carbonyl (C=O) groups is 1. The van der Waals surface area contributed by atoms with Gasteiger partial charge in [0.15, 0.2) is 0 Å². The Balaban J connectivity index is 2.31. The number of halogens is 2. The van der Waals surface area contributed by atoms with Crippen LogP contribution in [0.15, 0.2) is 46.9 Å². The monoisotopic (exact) mass is 323 g/mol. The Kier molecular flexibility index (Phi) is 4.13. The van der Waals surface area contributed by atoms with Crippen molar-refractivity contribution in [2.24, 2.45) is 5.84 Å². The van der Waals surface area contributed by atoms with Crippen LogP contribution in [-0.2, 0) is 0 Å². The Morgan fingerprint density at radius 2 is 1.89 bits per heavy atom. The van der Waals surface area contributed by atoms with Gasteiger partial charge in [-0.15, -0.1) is 0 Å². The SMILES string of the molecule is NNc1ccccc1C(=O)Nc1c(F)cccc1Br. The van der Waals surface area contributed by atoms with E-state index in [4.69, 9.17) is 5.84 Å². The van der Waals surface area contributed by atoms with Crippen LogP contribution in [0.1, 0.15) is 10.4 Å². The summed E-state index contributed by atoms with van der Waals surface area (Å²) in [5.74, 6) is 4.37. The molecule has 2 aromatic carbocycles. The first-order valence-corrected chi connectivity index (χ1v) is 6.24. The van der Waals surface area contributed by atoms with Crippen molar-refractivity contribution in [3.05, 3.63) is 58.3 Å². The van der Waals surface area contributed by atoms with E-state index in [9.17, 15) is 9.18 Å². The highest BCUT2D eigenvalue weighted by molar-refractivity contribution is 9.10. The smallest absolute Gasteiger partial charge is 0.257 e. The number of nitrogen functional groups attached to an aromatic ring is 1. The summed E-state index contributed by atoms with van der Waals surface area (Å²) in [4.78, 5) is 12.1. The van der Waals surface area contributed by atoms with Gasteiger partial charge in [0.1, 0.15) is 5.82 Å². The lowest BCUT2D eigenvalue weighted by Crippen LogP contribution is -2.18. The first-order valence-electron chi connectivity index (χ1n) is 5.44. The molecule has 0 heterocycles. The predicted molar refractivity (Wildman–Crippen MR) is 76.3 cm³/mol. The zero-order valence-corrected chi connectivity index (χ0v) is 11.4. The van der Waals surface area contributed by atoms with Crippen molar-refractivity contribution in [1.29, 1.82) is 0 Å². The number of para-hydroxylation sites is 2. The third kappa shape index (κ3) is 2.91. The van der Waals surface area contributed by atoms with Crippen LogP contribution >= 0.6 is 15.9 Å². The number of carbonyl (C=O) groups excluding carboxylic acids is 1. The minimum atomic E-state index is -0.513. The van der Waals surface area contributed by atoms with E-state index in [0.717, 1.165) is 0 Å². The largest absolute Gasteiger partial charge is 0.323 e. The summed E-state index contributed by atoms with van der Waals surface area (Å²) in [7, 11) is 0. The molecule has 98 valence electrons. The summed E-state index contributed by atoms with van der Waals surface area (Å²) in [6, 6.07) is 11.2. The molecule has 0 saturated heterocycles. The van der Waals surface area contributed by atoms with Gasteiger partial charge in [-0.2, -0.15) is 0 Å². The Morgan fingerprint density at radius 1 is 1.16 bits per heavy atom. The lowest BCUT2D eigenvalue weighted by atomic mass is 10.1. The van der Waals surface area contributed by atoms with Crippen LogP contribution in [0, 0.1) is 5.82 Å². The van der Waals surface area contributed by atoms with Crippen molar-refractivity contribution in [3.63, 3.8) is 0 Å². The zero-order chi connectivity index (χ0) is 13.8. The molecular weight excluding hydrogens is 313 g/mol. The molecule has 0 bridgehead atoms. The maximum Gasteiger partial charge on any atom is 0.257 e. The summed E-state index contributed by atoms with van der Waals surface area (Å²) in [5.41, 5.74) is 3.32. The van der Waals surface area contributed by atoms with E-state index in [1.807, 2.05) is 0 Å². The minimum absolute atomic E-state index is 0.0966. The maximum absolute atomic E-state index is 13.6.